The van der Waals surface area contributed by atoms with Gasteiger partial charge in [-0.25, -0.2) is 4.98 Å². The standard InChI is InChI=1S/C14H15F3N4O2/c1-3-11(12-18-8(2)20-21-12)19-13(22)9-5-4-6-10(7-9)23-14(15,16)17/h4-7,11H,3H2,1-2H3,(H,19,22)(H,18,20,21). The van der Waals surface area contributed by atoms with Crippen LogP contribution in [-0.4, -0.2) is 27.5 Å². The number of carbonyl (C=O) groups is 1. The molecule has 0 radical (unpaired) electrons. The second-order valence-corrected chi connectivity index (χ2v) is 4.79. The van der Waals surface area contributed by atoms with E-state index in [4.69, 9.17) is 0 Å². The number of aromatic nitrogens is 3. The van der Waals surface area contributed by atoms with Crippen molar-refractivity contribution in [2.45, 2.75) is 32.7 Å². The van der Waals surface area contributed by atoms with Crippen LogP contribution in [0.15, 0.2) is 24.3 Å². The first kappa shape index (κ1) is 16.8. The summed E-state index contributed by atoms with van der Waals surface area (Å²) in [5.41, 5.74) is 0.0532. The number of aryl methyl sites for hydroxylation is 1. The summed E-state index contributed by atoms with van der Waals surface area (Å²) in [7, 11) is 0. The first-order chi connectivity index (χ1) is 10.8. The molecule has 124 valence electrons. The molecule has 0 aliphatic heterocycles. The zero-order valence-electron chi connectivity index (χ0n) is 12.4. The molecule has 0 spiro atoms. The number of benzene rings is 1. The van der Waals surface area contributed by atoms with Crippen molar-refractivity contribution in [1.82, 2.24) is 20.5 Å². The van der Waals surface area contributed by atoms with Crippen LogP contribution < -0.4 is 10.1 Å². The van der Waals surface area contributed by atoms with Crippen LogP contribution >= 0.6 is 0 Å². The number of alkyl halides is 3. The number of ether oxygens (including phenoxy) is 1. The molecule has 0 saturated carbocycles. The Kier molecular flexibility index (Phi) is 4.87. The van der Waals surface area contributed by atoms with Crippen LogP contribution in [0.5, 0.6) is 5.75 Å². The van der Waals surface area contributed by atoms with Crippen molar-refractivity contribution in [3.05, 3.63) is 41.5 Å². The molecule has 2 aromatic rings. The van der Waals surface area contributed by atoms with Gasteiger partial charge < -0.3 is 10.1 Å². The van der Waals surface area contributed by atoms with Crippen molar-refractivity contribution in [3.8, 4) is 5.75 Å². The maximum Gasteiger partial charge on any atom is 0.573 e. The molecule has 1 atom stereocenters. The normalized spacial score (nSPS) is 12.7. The average molecular weight is 328 g/mol. The Morgan fingerprint density at radius 1 is 1.43 bits per heavy atom. The van der Waals surface area contributed by atoms with Crippen LogP contribution in [0.2, 0.25) is 0 Å². The summed E-state index contributed by atoms with van der Waals surface area (Å²) in [6, 6.07) is 4.42. The number of aromatic amines is 1. The monoisotopic (exact) mass is 328 g/mol. The molecule has 1 amide bonds. The van der Waals surface area contributed by atoms with Crippen LogP contribution in [0.1, 0.15) is 41.4 Å². The molecule has 0 fully saturated rings. The maximum atomic E-state index is 12.2. The third kappa shape index (κ3) is 4.70. The van der Waals surface area contributed by atoms with E-state index in [-0.39, 0.29) is 5.56 Å². The van der Waals surface area contributed by atoms with Gasteiger partial charge in [0.05, 0.1) is 6.04 Å². The zero-order chi connectivity index (χ0) is 17.0. The van der Waals surface area contributed by atoms with Crippen molar-refractivity contribution in [1.29, 1.82) is 0 Å². The molecular formula is C14H15F3N4O2. The highest BCUT2D eigenvalue weighted by Crippen LogP contribution is 2.23. The number of hydrogen-bond donors (Lipinski definition) is 2. The van der Waals surface area contributed by atoms with Crippen LogP contribution in [0.25, 0.3) is 0 Å². The molecule has 6 nitrogen and oxygen atoms in total. The molecule has 0 saturated heterocycles. The fraction of sp³-hybridized carbons (Fsp3) is 0.357. The molecule has 0 aliphatic rings. The second kappa shape index (κ2) is 6.67. The van der Waals surface area contributed by atoms with E-state index < -0.39 is 24.1 Å². The summed E-state index contributed by atoms with van der Waals surface area (Å²) in [4.78, 5) is 16.3. The summed E-state index contributed by atoms with van der Waals surface area (Å²) in [6.45, 7) is 3.56. The number of amides is 1. The van der Waals surface area contributed by atoms with Crippen LogP contribution in [0.4, 0.5) is 13.2 Å². The van der Waals surface area contributed by atoms with E-state index in [1.165, 1.54) is 12.1 Å². The van der Waals surface area contributed by atoms with Gasteiger partial charge in [0.1, 0.15) is 11.6 Å². The third-order valence-corrected chi connectivity index (χ3v) is 2.97. The summed E-state index contributed by atoms with van der Waals surface area (Å²) in [6.07, 6.45) is -4.28. The lowest BCUT2D eigenvalue weighted by atomic mass is 10.1. The molecule has 0 bridgehead atoms. The topological polar surface area (TPSA) is 79.9 Å². The van der Waals surface area contributed by atoms with Gasteiger partial charge in [-0.2, -0.15) is 5.10 Å². The van der Waals surface area contributed by atoms with E-state index in [2.05, 4.69) is 25.2 Å². The highest BCUT2D eigenvalue weighted by molar-refractivity contribution is 5.94. The lowest BCUT2D eigenvalue weighted by molar-refractivity contribution is -0.274. The fourth-order valence-electron chi connectivity index (χ4n) is 1.94. The Labute approximate surface area is 130 Å². The fourth-order valence-corrected chi connectivity index (χ4v) is 1.94. The van der Waals surface area contributed by atoms with Crippen molar-refractivity contribution in [2.24, 2.45) is 0 Å². The van der Waals surface area contributed by atoms with Crippen LogP contribution in [-0.2, 0) is 0 Å². The largest absolute Gasteiger partial charge is 0.573 e. The second-order valence-electron chi connectivity index (χ2n) is 4.79. The van der Waals surface area contributed by atoms with E-state index >= 15 is 0 Å². The predicted molar refractivity (Wildman–Crippen MR) is 74.7 cm³/mol. The van der Waals surface area contributed by atoms with Gasteiger partial charge >= 0.3 is 6.36 Å². The number of halogens is 3. The number of H-pyrrole nitrogens is 1. The highest BCUT2D eigenvalue weighted by Gasteiger charge is 2.31. The van der Waals surface area contributed by atoms with E-state index in [0.29, 0.717) is 18.1 Å². The van der Waals surface area contributed by atoms with Gasteiger partial charge in [-0.3, -0.25) is 9.89 Å². The molecule has 2 rings (SSSR count). The molecule has 23 heavy (non-hydrogen) atoms. The maximum absolute atomic E-state index is 12.2. The third-order valence-electron chi connectivity index (χ3n) is 2.97. The van der Waals surface area contributed by atoms with Gasteiger partial charge in [-0.05, 0) is 31.5 Å². The van der Waals surface area contributed by atoms with Crippen LogP contribution in [0.3, 0.4) is 0 Å². The number of nitrogens with zero attached hydrogens (tertiary/aromatic N) is 2. The number of rotatable bonds is 5. The Balaban J connectivity index is 2.12. The van der Waals surface area contributed by atoms with Gasteiger partial charge in [-0.1, -0.05) is 13.0 Å². The number of hydrogen-bond acceptors (Lipinski definition) is 4. The van der Waals surface area contributed by atoms with Gasteiger partial charge in [-0.15, -0.1) is 13.2 Å². The molecule has 1 aromatic carbocycles. The quantitative estimate of drug-likeness (QED) is 0.884. The first-order valence-corrected chi connectivity index (χ1v) is 6.84. The average Bonchev–Trinajstić information content (AvgIpc) is 2.89. The molecule has 1 unspecified atom stereocenters. The zero-order valence-corrected chi connectivity index (χ0v) is 12.4. The van der Waals surface area contributed by atoms with Crippen LogP contribution in [0, 0.1) is 6.92 Å². The van der Waals surface area contributed by atoms with E-state index in [9.17, 15) is 18.0 Å². The van der Waals surface area contributed by atoms with Gasteiger partial charge in [0, 0.05) is 5.56 Å². The predicted octanol–water partition coefficient (Wildman–Crippen LogP) is 2.89. The lowest BCUT2D eigenvalue weighted by Gasteiger charge is -2.14. The molecule has 9 heteroatoms. The first-order valence-electron chi connectivity index (χ1n) is 6.84. The van der Waals surface area contributed by atoms with Gasteiger partial charge in [0.25, 0.3) is 5.91 Å². The number of carbonyl (C=O) groups excluding carboxylic acids is 1. The Hall–Kier alpha value is -2.58. The number of nitrogens with one attached hydrogen (secondary N) is 2. The van der Waals surface area contributed by atoms with Gasteiger partial charge in [0.2, 0.25) is 0 Å². The summed E-state index contributed by atoms with van der Waals surface area (Å²) >= 11 is 0. The highest BCUT2D eigenvalue weighted by atomic mass is 19.4. The summed E-state index contributed by atoms with van der Waals surface area (Å²) in [5, 5.41) is 9.33. The molecule has 1 heterocycles. The minimum atomic E-state index is -4.81. The minimum Gasteiger partial charge on any atom is -0.406 e. The van der Waals surface area contributed by atoms with E-state index in [1.807, 2.05) is 6.92 Å². The Morgan fingerprint density at radius 2 is 2.17 bits per heavy atom. The smallest absolute Gasteiger partial charge is 0.406 e. The van der Waals surface area contributed by atoms with Crippen molar-refractivity contribution >= 4 is 5.91 Å². The summed E-state index contributed by atoms with van der Waals surface area (Å²) < 4.78 is 40.5. The Morgan fingerprint density at radius 3 is 2.74 bits per heavy atom. The van der Waals surface area contributed by atoms with Crippen molar-refractivity contribution in [2.75, 3.05) is 0 Å². The minimum absolute atomic E-state index is 0.0532. The molecular weight excluding hydrogens is 313 g/mol. The SMILES string of the molecule is CCC(NC(=O)c1cccc(OC(F)(F)F)c1)c1n[nH]c(C)n1. The summed E-state index contributed by atoms with van der Waals surface area (Å²) in [5.74, 6) is 0.0354. The lowest BCUT2D eigenvalue weighted by Crippen LogP contribution is -2.29. The van der Waals surface area contributed by atoms with Crippen molar-refractivity contribution < 1.29 is 22.7 Å². The molecule has 1 aromatic heterocycles. The molecule has 2 N–H and O–H groups in total. The van der Waals surface area contributed by atoms with Gasteiger partial charge in [0.15, 0.2) is 5.82 Å². The van der Waals surface area contributed by atoms with Crippen molar-refractivity contribution in [3.63, 3.8) is 0 Å². The molecule has 0 aliphatic carbocycles. The van der Waals surface area contributed by atoms with E-state index in [0.717, 1.165) is 12.1 Å². The Bertz CT molecular complexity index is 685. The van der Waals surface area contributed by atoms with E-state index in [1.54, 1.807) is 6.92 Å².